The van der Waals surface area contributed by atoms with Gasteiger partial charge in [-0.3, -0.25) is 4.79 Å². The molecule has 0 aliphatic rings. The van der Waals surface area contributed by atoms with Crippen molar-refractivity contribution in [2.75, 3.05) is 5.32 Å². The summed E-state index contributed by atoms with van der Waals surface area (Å²) in [5, 5.41) is 11.9. The second kappa shape index (κ2) is 6.97. The Balaban J connectivity index is 2.02. The number of ether oxygens (including phenoxy) is 1. The number of hydrogen-bond acceptors (Lipinski definition) is 3. The summed E-state index contributed by atoms with van der Waals surface area (Å²) >= 11 is 6.03. The minimum atomic E-state index is -0.716. The average molecular weight is 315 g/mol. The molecule has 0 aromatic heterocycles. The van der Waals surface area contributed by atoms with Crippen molar-refractivity contribution in [2.45, 2.75) is 20.0 Å². The van der Waals surface area contributed by atoms with E-state index in [-0.39, 0.29) is 5.91 Å². The highest BCUT2D eigenvalue weighted by atomic mass is 35.5. The molecule has 0 unspecified atom stereocenters. The molecule has 0 spiro atoms. The van der Waals surface area contributed by atoms with Crippen molar-refractivity contribution in [3.63, 3.8) is 0 Å². The highest BCUT2D eigenvalue weighted by molar-refractivity contribution is 6.32. The van der Waals surface area contributed by atoms with Crippen molar-refractivity contribution in [3.8, 4) is 11.8 Å². The smallest absolute Gasteiger partial charge is 0.265 e. The molecule has 0 heterocycles. The van der Waals surface area contributed by atoms with Gasteiger partial charge in [0.15, 0.2) is 6.10 Å². The molecule has 1 amide bonds. The molecule has 1 atom stereocenters. The van der Waals surface area contributed by atoms with E-state index in [0.717, 1.165) is 5.56 Å². The van der Waals surface area contributed by atoms with Crippen molar-refractivity contribution in [3.05, 3.63) is 58.6 Å². The lowest BCUT2D eigenvalue weighted by Gasteiger charge is -2.15. The van der Waals surface area contributed by atoms with E-state index in [1.807, 2.05) is 37.3 Å². The Kier molecular flexibility index (Phi) is 5.03. The summed E-state index contributed by atoms with van der Waals surface area (Å²) in [5.74, 6) is 0.0940. The summed E-state index contributed by atoms with van der Waals surface area (Å²) in [5.41, 5.74) is 2.26. The second-order valence-electron chi connectivity index (χ2n) is 4.87. The molecule has 2 rings (SSSR count). The van der Waals surface area contributed by atoms with Gasteiger partial charge in [0.1, 0.15) is 5.75 Å². The molecular formula is C17H15ClN2O2. The van der Waals surface area contributed by atoms with Gasteiger partial charge in [-0.15, -0.1) is 0 Å². The topological polar surface area (TPSA) is 62.1 Å². The first-order valence-corrected chi connectivity index (χ1v) is 7.11. The number of carbonyl (C=O) groups excluding carboxylic acids is 1. The zero-order valence-electron chi connectivity index (χ0n) is 12.3. The average Bonchev–Trinajstić information content (AvgIpc) is 2.51. The maximum absolute atomic E-state index is 12.1. The van der Waals surface area contributed by atoms with E-state index in [2.05, 4.69) is 5.32 Å². The SMILES string of the molecule is Cc1ccc(NC(=O)[C@H](C)Oc2ccc(C#N)cc2Cl)cc1. The number of halogens is 1. The second-order valence-corrected chi connectivity index (χ2v) is 5.28. The van der Waals surface area contributed by atoms with E-state index in [0.29, 0.717) is 22.0 Å². The zero-order chi connectivity index (χ0) is 16.1. The molecule has 2 aromatic carbocycles. The van der Waals surface area contributed by atoms with Gasteiger partial charge >= 0.3 is 0 Å². The minimum absolute atomic E-state index is 0.274. The maximum Gasteiger partial charge on any atom is 0.265 e. The summed E-state index contributed by atoms with van der Waals surface area (Å²) in [6, 6.07) is 14.1. The summed E-state index contributed by atoms with van der Waals surface area (Å²) in [6.45, 7) is 3.61. The lowest BCUT2D eigenvalue weighted by atomic mass is 10.2. The van der Waals surface area contributed by atoms with Crippen molar-refractivity contribution >= 4 is 23.2 Å². The third-order valence-electron chi connectivity index (χ3n) is 3.05. The number of benzene rings is 2. The molecule has 0 bridgehead atoms. The fraction of sp³-hybridized carbons (Fsp3) is 0.176. The lowest BCUT2D eigenvalue weighted by molar-refractivity contribution is -0.122. The molecule has 0 radical (unpaired) electrons. The van der Waals surface area contributed by atoms with Crippen LogP contribution in [0.5, 0.6) is 5.75 Å². The van der Waals surface area contributed by atoms with Gasteiger partial charge in [-0.05, 0) is 44.2 Å². The molecule has 2 aromatic rings. The van der Waals surface area contributed by atoms with Crippen molar-refractivity contribution in [1.29, 1.82) is 5.26 Å². The van der Waals surface area contributed by atoms with Gasteiger partial charge < -0.3 is 10.1 Å². The number of hydrogen-bond donors (Lipinski definition) is 1. The van der Waals surface area contributed by atoms with Crippen LogP contribution in [0.4, 0.5) is 5.69 Å². The predicted molar refractivity (Wildman–Crippen MR) is 86.1 cm³/mol. The predicted octanol–water partition coefficient (Wildman–Crippen LogP) is 3.93. The van der Waals surface area contributed by atoms with Gasteiger partial charge in [0.2, 0.25) is 0 Å². The van der Waals surface area contributed by atoms with Crippen LogP contribution < -0.4 is 10.1 Å². The molecule has 4 nitrogen and oxygen atoms in total. The normalized spacial score (nSPS) is 11.4. The van der Waals surface area contributed by atoms with Crippen LogP contribution in [0.1, 0.15) is 18.1 Å². The van der Waals surface area contributed by atoms with Gasteiger partial charge in [0, 0.05) is 5.69 Å². The van der Waals surface area contributed by atoms with Gasteiger partial charge in [-0.1, -0.05) is 29.3 Å². The Hall–Kier alpha value is -2.51. The molecule has 112 valence electrons. The first-order chi connectivity index (χ1) is 10.5. The molecule has 1 N–H and O–H groups in total. The fourth-order valence-corrected chi connectivity index (χ4v) is 2.02. The Morgan fingerprint density at radius 3 is 2.55 bits per heavy atom. The van der Waals surface area contributed by atoms with Crippen LogP contribution in [0, 0.1) is 18.3 Å². The number of rotatable bonds is 4. The summed E-state index contributed by atoms with van der Waals surface area (Å²) < 4.78 is 5.55. The van der Waals surface area contributed by atoms with Crippen LogP contribution in [-0.2, 0) is 4.79 Å². The zero-order valence-corrected chi connectivity index (χ0v) is 13.0. The lowest BCUT2D eigenvalue weighted by Crippen LogP contribution is -2.30. The molecule has 0 saturated heterocycles. The molecule has 0 saturated carbocycles. The standard InChI is InChI=1S/C17H15ClN2O2/c1-11-3-6-14(7-4-11)20-17(21)12(2)22-16-8-5-13(10-19)9-15(16)18/h3-9,12H,1-2H3,(H,20,21)/t12-/m0/s1. The largest absolute Gasteiger partial charge is 0.479 e. The number of aryl methyl sites for hydroxylation is 1. The van der Waals surface area contributed by atoms with Crippen molar-refractivity contribution in [1.82, 2.24) is 0 Å². The van der Waals surface area contributed by atoms with Crippen LogP contribution in [0.2, 0.25) is 5.02 Å². The Morgan fingerprint density at radius 1 is 1.27 bits per heavy atom. The molecule has 0 aliphatic carbocycles. The number of anilines is 1. The Bertz CT molecular complexity index is 720. The minimum Gasteiger partial charge on any atom is -0.479 e. The van der Waals surface area contributed by atoms with E-state index in [1.165, 1.54) is 6.07 Å². The van der Waals surface area contributed by atoms with Crippen LogP contribution in [0.3, 0.4) is 0 Å². The Labute approximate surface area is 134 Å². The molecule has 22 heavy (non-hydrogen) atoms. The van der Waals surface area contributed by atoms with Crippen molar-refractivity contribution < 1.29 is 9.53 Å². The highest BCUT2D eigenvalue weighted by Gasteiger charge is 2.16. The summed E-state index contributed by atoms with van der Waals surface area (Å²) in [7, 11) is 0. The molecule has 0 aliphatic heterocycles. The number of carbonyl (C=O) groups is 1. The van der Waals surface area contributed by atoms with Crippen LogP contribution >= 0.6 is 11.6 Å². The van der Waals surface area contributed by atoms with Gasteiger partial charge in [0.25, 0.3) is 5.91 Å². The van der Waals surface area contributed by atoms with Gasteiger partial charge in [-0.25, -0.2) is 0 Å². The Morgan fingerprint density at radius 2 is 1.95 bits per heavy atom. The number of nitriles is 1. The fourth-order valence-electron chi connectivity index (χ4n) is 1.79. The van der Waals surface area contributed by atoms with Gasteiger partial charge in [0.05, 0.1) is 16.7 Å². The van der Waals surface area contributed by atoms with Crippen LogP contribution in [0.25, 0.3) is 0 Å². The van der Waals surface area contributed by atoms with Gasteiger partial charge in [-0.2, -0.15) is 5.26 Å². The van der Waals surface area contributed by atoms with E-state index >= 15 is 0 Å². The first-order valence-electron chi connectivity index (χ1n) is 6.73. The molecule has 0 fully saturated rings. The van der Waals surface area contributed by atoms with E-state index < -0.39 is 6.10 Å². The van der Waals surface area contributed by atoms with Crippen molar-refractivity contribution in [2.24, 2.45) is 0 Å². The van der Waals surface area contributed by atoms with E-state index in [1.54, 1.807) is 19.1 Å². The third-order valence-corrected chi connectivity index (χ3v) is 3.35. The first kappa shape index (κ1) is 15.9. The molecule has 5 heteroatoms. The number of amides is 1. The monoisotopic (exact) mass is 314 g/mol. The number of nitrogens with one attached hydrogen (secondary N) is 1. The quantitative estimate of drug-likeness (QED) is 0.930. The molecular weight excluding hydrogens is 300 g/mol. The van der Waals surface area contributed by atoms with Crippen LogP contribution in [-0.4, -0.2) is 12.0 Å². The number of nitrogens with zero attached hydrogens (tertiary/aromatic N) is 1. The third kappa shape index (κ3) is 4.00. The van der Waals surface area contributed by atoms with E-state index in [4.69, 9.17) is 21.6 Å². The maximum atomic E-state index is 12.1. The van der Waals surface area contributed by atoms with Crippen LogP contribution in [0.15, 0.2) is 42.5 Å². The summed E-state index contributed by atoms with van der Waals surface area (Å²) in [4.78, 5) is 12.1. The summed E-state index contributed by atoms with van der Waals surface area (Å²) in [6.07, 6.45) is -0.716. The highest BCUT2D eigenvalue weighted by Crippen LogP contribution is 2.26. The van der Waals surface area contributed by atoms with E-state index in [9.17, 15) is 4.79 Å².